The molecule has 3 rings (SSSR count). The topological polar surface area (TPSA) is 14.1 Å². The molecule has 3 fully saturated rings. The highest BCUT2D eigenvalue weighted by Crippen LogP contribution is 2.42. The van der Waals surface area contributed by atoms with Crippen LogP contribution in [0.5, 0.6) is 0 Å². The lowest BCUT2D eigenvalue weighted by atomic mass is 9.66. The minimum absolute atomic E-state index is 0.955. The second kappa shape index (κ2) is 9.30. The van der Waals surface area contributed by atoms with Crippen LogP contribution in [0.3, 0.4) is 0 Å². The molecule has 1 aliphatic heterocycles. The van der Waals surface area contributed by atoms with E-state index in [1.54, 1.807) is 0 Å². The third-order valence-corrected chi connectivity index (χ3v) is 7.02. The van der Waals surface area contributed by atoms with Crippen LogP contribution in [0.25, 0.3) is 0 Å². The summed E-state index contributed by atoms with van der Waals surface area (Å²) in [5, 5.41) is 4.87. The van der Waals surface area contributed by atoms with E-state index in [0.29, 0.717) is 0 Å². The van der Waals surface area contributed by atoms with Crippen molar-refractivity contribution in [3.63, 3.8) is 0 Å². The fourth-order valence-electron chi connectivity index (χ4n) is 5.75. The van der Waals surface area contributed by atoms with Gasteiger partial charge in [0.2, 0.25) is 0 Å². The van der Waals surface area contributed by atoms with Crippen molar-refractivity contribution >= 4 is 0 Å². The molecule has 2 unspecified atom stereocenters. The zero-order chi connectivity index (χ0) is 15.0. The predicted octanol–water partition coefficient (Wildman–Crippen LogP) is 5.95. The van der Waals surface area contributed by atoms with Crippen LogP contribution in [0.1, 0.15) is 96.3 Å². The van der Waals surface area contributed by atoms with Crippen molar-refractivity contribution in [3.8, 4) is 0 Å². The van der Waals surface area contributed by atoms with Crippen molar-refractivity contribution in [1.29, 1.82) is 0 Å². The maximum absolute atomic E-state index is 4.87. The molecule has 1 radical (unpaired) electrons. The summed E-state index contributed by atoms with van der Waals surface area (Å²) >= 11 is 0. The molecule has 0 aromatic heterocycles. The fourth-order valence-corrected chi connectivity index (χ4v) is 5.75. The molecule has 2 saturated carbocycles. The Bertz CT molecular complexity index is 254. The van der Waals surface area contributed by atoms with Gasteiger partial charge in [-0.25, -0.2) is 5.32 Å². The van der Waals surface area contributed by atoms with Crippen LogP contribution in [0.2, 0.25) is 0 Å². The Morgan fingerprint density at radius 2 is 0.909 bits per heavy atom. The first kappa shape index (κ1) is 16.8. The van der Waals surface area contributed by atoms with E-state index < -0.39 is 0 Å². The molecule has 1 nitrogen and oxygen atoms in total. The van der Waals surface area contributed by atoms with Crippen LogP contribution in [0.4, 0.5) is 0 Å². The van der Waals surface area contributed by atoms with Gasteiger partial charge in [-0.15, -0.1) is 0 Å². The van der Waals surface area contributed by atoms with Gasteiger partial charge in [-0.2, -0.15) is 0 Å². The van der Waals surface area contributed by atoms with Crippen LogP contribution in [-0.2, 0) is 0 Å². The van der Waals surface area contributed by atoms with E-state index in [9.17, 15) is 0 Å². The molecule has 0 aromatic carbocycles. The maximum atomic E-state index is 4.87. The van der Waals surface area contributed by atoms with E-state index in [1.807, 2.05) is 0 Å². The first-order valence-corrected chi connectivity index (χ1v) is 10.6. The lowest BCUT2D eigenvalue weighted by molar-refractivity contribution is 0.0876. The molecule has 3 aliphatic rings. The fraction of sp³-hybridized carbons (Fsp3) is 1.00. The highest BCUT2D eigenvalue weighted by Gasteiger charge is 2.36. The monoisotopic (exact) mass is 304 g/mol. The summed E-state index contributed by atoms with van der Waals surface area (Å²) in [7, 11) is 0. The lowest BCUT2D eigenvalue weighted by Crippen LogP contribution is -2.41. The Morgan fingerprint density at radius 3 is 1.45 bits per heavy atom. The normalized spacial score (nSPS) is 34.4. The summed E-state index contributed by atoms with van der Waals surface area (Å²) in [6, 6.07) is 0. The number of piperidine rings is 1. The summed E-state index contributed by atoms with van der Waals surface area (Å²) in [6.07, 6.45) is 22.5. The number of nitrogens with zero attached hydrogens (tertiary/aromatic N) is 1. The predicted molar refractivity (Wildman–Crippen MR) is 95.1 cm³/mol. The van der Waals surface area contributed by atoms with Gasteiger partial charge in [-0.3, -0.25) is 0 Å². The van der Waals surface area contributed by atoms with Gasteiger partial charge in [0.05, 0.1) is 0 Å². The van der Waals surface area contributed by atoms with Gasteiger partial charge in [-0.05, 0) is 30.1 Å². The molecule has 127 valence electrons. The number of hydrogen-bond acceptors (Lipinski definition) is 0. The minimum atomic E-state index is 0.955. The van der Waals surface area contributed by atoms with Crippen LogP contribution in [0, 0.1) is 23.7 Å². The summed E-state index contributed by atoms with van der Waals surface area (Å²) in [5.74, 6) is 4.04. The molecule has 2 aliphatic carbocycles. The van der Waals surface area contributed by atoms with E-state index in [1.165, 1.54) is 109 Å². The molecule has 0 bridgehead atoms. The SMILES string of the molecule is C1CCCC(C2CC[N]CC2C2CCCCCCC2)CCC1. The van der Waals surface area contributed by atoms with E-state index in [4.69, 9.17) is 5.32 Å². The highest BCUT2D eigenvalue weighted by atomic mass is 14.9. The Kier molecular flexibility index (Phi) is 7.11. The molecule has 22 heavy (non-hydrogen) atoms. The minimum Gasteiger partial charge on any atom is -0.241 e. The van der Waals surface area contributed by atoms with Crippen molar-refractivity contribution in [1.82, 2.24) is 5.32 Å². The molecule has 0 aromatic rings. The average molecular weight is 305 g/mol. The smallest absolute Gasteiger partial charge is 0.0167 e. The Hall–Kier alpha value is -0.0400. The Balaban J connectivity index is 1.63. The first-order valence-electron chi connectivity index (χ1n) is 10.6. The van der Waals surface area contributed by atoms with Gasteiger partial charge in [0.25, 0.3) is 0 Å². The van der Waals surface area contributed by atoms with Crippen molar-refractivity contribution in [2.75, 3.05) is 13.1 Å². The van der Waals surface area contributed by atoms with E-state index in [-0.39, 0.29) is 0 Å². The summed E-state index contributed by atoms with van der Waals surface area (Å²) in [6.45, 7) is 2.39. The molecule has 1 saturated heterocycles. The van der Waals surface area contributed by atoms with Gasteiger partial charge in [0.15, 0.2) is 0 Å². The highest BCUT2D eigenvalue weighted by molar-refractivity contribution is 4.88. The maximum Gasteiger partial charge on any atom is 0.0167 e. The van der Waals surface area contributed by atoms with E-state index in [2.05, 4.69) is 0 Å². The molecular weight excluding hydrogens is 266 g/mol. The van der Waals surface area contributed by atoms with E-state index in [0.717, 1.165) is 23.7 Å². The van der Waals surface area contributed by atoms with Crippen molar-refractivity contribution in [2.45, 2.75) is 96.3 Å². The lowest BCUT2D eigenvalue weighted by Gasteiger charge is -2.42. The van der Waals surface area contributed by atoms with Crippen LogP contribution >= 0.6 is 0 Å². The largest absolute Gasteiger partial charge is 0.241 e. The molecule has 0 amide bonds. The van der Waals surface area contributed by atoms with Crippen molar-refractivity contribution < 1.29 is 0 Å². The Morgan fingerprint density at radius 1 is 0.455 bits per heavy atom. The molecule has 1 heterocycles. The summed E-state index contributed by atoms with van der Waals surface area (Å²) in [4.78, 5) is 0. The van der Waals surface area contributed by atoms with Gasteiger partial charge < -0.3 is 0 Å². The quantitative estimate of drug-likeness (QED) is 0.598. The molecule has 0 N–H and O–H groups in total. The summed E-state index contributed by atoms with van der Waals surface area (Å²) < 4.78 is 0. The van der Waals surface area contributed by atoms with Gasteiger partial charge in [-0.1, -0.05) is 89.9 Å². The second-order valence-corrected chi connectivity index (χ2v) is 8.46. The molecule has 0 spiro atoms. The first-order chi connectivity index (χ1) is 10.9. The number of hydrogen-bond donors (Lipinski definition) is 0. The summed E-state index contributed by atoms with van der Waals surface area (Å²) in [5.41, 5.74) is 0. The Labute approximate surface area is 139 Å². The molecule has 2 atom stereocenters. The third-order valence-electron chi connectivity index (χ3n) is 7.02. The standard InChI is InChI=1S/C21H38N/c1-3-7-11-18(12-8-4-1)20-15-16-22-17-21(20)19-13-9-5-2-6-10-14-19/h18-21H,1-17H2. The van der Waals surface area contributed by atoms with Crippen LogP contribution in [-0.4, -0.2) is 13.1 Å². The van der Waals surface area contributed by atoms with Crippen LogP contribution < -0.4 is 5.32 Å². The van der Waals surface area contributed by atoms with Crippen molar-refractivity contribution in [3.05, 3.63) is 0 Å². The van der Waals surface area contributed by atoms with Gasteiger partial charge in [0.1, 0.15) is 0 Å². The zero-order valence-electron chi connectivity index (χ0n) is 14.8. The van der Waals surface area contributed by atoms with Crippen molar-refractivity contribution in [2.24, 2.45) is 23.7 Å². The molecule has 1 heteroatoms. The van der Waals surface area contributed by atoms with Gasteiger partial charge >= 0.3 is 0 Å². The number of rotatable bonds is 2. The van der Waals surface area contributed by atoms with Crippen LogP contribution in [0.15, 0.2) is 0 Å². The van der Waals surface area contributed by atoms with E-state index >= 15 is 0 Å². The average Bonchev–Trinajstić information content (AvgIpc) is 2.47. The van der Waals surface area contributed by atoms with Gasteiger partial charge in [0, 0.05) is 13.1 Å². The third kappa shape index (κ3) is 4.73. The zero-order valence-corrected chi connectivity index (χ0v) is 14.8. The second-order valence-electron chi connectivity index (χ2n) is 8.46. The molecular formula is C21H38N.